The maximum absolute atomic E-state index is 12.7. The molecule has 0 radical (unpaired) electrons. The number of benzene rings is 1. The van der Waals surface area contributed by atoms with Gasteiger partial charge in [-0.25, -0.2) is 0 Å². The van der Waals surface area contributed by atoms with E-state index in [1.54, 1.807) is 23.6 Å². The molecule has 1 aromatic carbocycles. The number of rotatable bonds is 8. The van der Waals surface area contributed by atoms with Crippen LogP contribution in [0, 0.1) is 0 Å². The number of aryl methyl sites for hydroxylation is 1. The van der Waals surface area contributed by atoms with Gasteiger partial charge in [0.05, 0.1) is 13.2 Å². The van der Waals surface area contributed by atoms with Gasteiger partial charge >= 0.3 is 5.97 Å². The van der Waals surface area contributed by atoms with Crippen molar-refractivity contribution in [2.45, 2.75) is 37.9 Å². The van der Waals surface area contributed by atoms with Crippen LogP contribution in [0.15, 0.2) is 34.2 Å². The average molecular weight is 382 g/mol. The van der Waals surface area contributed by atoms with Crippen molar-refractivity contribution in [3.8, 4) is 0 Å². The minimum Gasteiger partial charge on any atom is -0.466 e. The quantitative estimate of drug-likeness (QED) is 0.517. The molecule has 2 aromatic rings. The van der Waals surface area contributed by atoms with Gasteiger partial charge in [0.15, 0.2) is 5.16 Å². The van der Waals surface area contributed by atoms with E-state index in [2.05, 4.69) is 10.2 Å². The summed E-state index contributed by atoms with van der Waals surface area (Å²) < 4.78 is 6.48. The highest BCUT2D eigenvalue weighted by molar-refractivity contribution is 7.98. The summed E-state index contributed by atoms with van der Waals surface area (Å²) in [5.41, 5.74) is 1.13. The number of hydrogen-bond acceptors (Lipinski definition) is 6. The molecule has 0 saturated heterocycles. The molecule has 0 N–H and O–H groups in total. The zero-order chi connectivity index (χ0) is 18.2. The van der Waals surface area contributed by atoms with E-state index in [1.807, 2.05) is 18.4 Å². The van der Waals surface area contributed by atoms with Crippen LogP contribution in [0.1, 0.15) is 31.0 Å². The summed E-state index contributed by atoms with van der Waals surface area (Å²) in [4.78, 5) is 24.1. The van der Waals surface area contributed by atoms with Crippen molar-refractivity contribution in [1.82, 2.24) is 14.8 Å². The second kappa shape index (κ2) is 9.58. The number of carbonyl (C=O) groups excluding carboxylic acids is 1. The molecule has 0 spiro atoms. The molecular formula is C17H20ClN3O3S. The van der Waals surface area contributed by atoms with Gasteiger partial charge in [0.2, 0.25) is 0 Å². The Bertz CT molecular complexity index is 778. The molecule has 2 rings (SSSR count). The molecule has 0 aliphatic rings. The third kappa shape index (κ3) is 5.57. The number of carbonyl (C=O) groups is 1. The standard InChI is InChI=1S/C17H20ClN3O3S/c1-3-24-15(22)6-4-5-14-16(23)21(17(25-2)20-19-14)11-12-7-9-13(18)10-8-12/h7-10H,3-6,11H2,1-2H3. The smallest absolute Gasteiger partial charge is 0.305 e. The fourth-order valence-corrected chi connectivity index (χ4v) is 2.91. The summed E-state index contributed by atoms with van der Waals surface area (Å²) in [5, 5.41) is 9.37. The molecule has 0 saturated carbocycles. The third-order valence-corrected chi connectivity index (χ3v) is 4.43. The number of ether oxygens (including phenoxy) is 1. The van der Waals surface area contributed by atoms with Gasteiger partial charge in [0.25, 0.3) is 5.56 Å². The van der Waals surface area contributed by atoms with Gasteiger partial charge in [0, 0.05) is 11.4 Å². The Morgan fingerprint density at radius 1 is 1.28 bits per heavy atom. The Labute approximate surface area is 155 Å². The van der Waals surface area contributed by atoms with E-state index in [0.29, 0.717) is 41.9 Å². The van der Waals surface area contributed by atoms with Gasteiger partial charge < -0.3 is 4.74 Å². The monoisotopic (exact) mass is 381 g/mol. The zero-order valence-electron chi connectivity index (χ0n) is 14.2. The highest BCUT2D eigenvalue weighted by atomic mass is 35.5. The number of nitrogens with zero attached hydrogens (tertiary/aromatic N) is 3. The fraction of sp³-hybridized carbons (Fsp3) is 0.412. The van der Waals surface area contributed by atoms with Crippen molar-refractivity contribution < 1.29 is 9.53 Å². The lowest BCUT2D eigenvalue weighted by Gasteiger charge is -2.11. The predicted molar refractivity (Wildman–Crippen MR) is 98.2 cm³/mol. The van der Waals surface area contributed by atoms with Crippen LogP contribution in [0.3, 0.4) is 0 Å². The highest BCUT2D eigenvalue weighted by Gasteiger charge is 2.13. The van der Waals surface area contributed by atoms with Crippen molar-refractivity contribution in [3.63, 3.8) is 0 Å². The van der Waals surface area contributed by atoms with Crippen LogP contribution in [0.2, 0.25) is 5.02 Å². The van der Waals surface area contributed by atoms with Crippen LogP contribution in [0.25, 0.3) is 0 Å². The molecule has 0 atom stereocenters. The summed E-state index contributed by atoms with van der Waals surface area (Å²) in [6.45, 7) is 2.52. The van der Waals surface area contributed by atoms with Crippen molar-refractivity contribution in [2.24, 2.45) is 0 Å². The zero-order valence-corrected chi connectivity index (χ0v) is 15.8. The molecule has 6 nitrogen and oxygen atoms in total. The second-order valence-corrected chi connectivity index (χ2v) is 6.52. The van der Waals surface area contributed by atoms with E-state index in [-0.39, 0.29) is 17.9 Å². The van der Waals surface area contributed by atoms with E-state index in [4.69, 9.17) is 16.3 Å². The maximum atomic E-state index is 12.7. The molecule has 134 valence electrons. The number of esters is 1. The number of aromatic nitrogens is 3. The summed E-state index contributed by atoms with van der Waals surface area (Å²) in [5.74, 6) is -0.266. The Morgan fingerprint density at radius 3 is 2.64 bits per heavy atom. The van der Waals surface area contributed by atoms with Gasteiger partial charge in [-0.05, 0) is 43.7 Å². The third-order valence-electron chi connectivity index (χ3n) is 3.52. The van der Waals surface area contributed by atoms with Crippen LogP contribution < -0.4 is 5.56 Å². The van der Waals surface area contributed by atoms with Gasteiger partial charge in [-0.1, -0.05) is 35.5 Å². The van der Waals surface area contributed by atoms with E-state index in [1.165, 1.54) is 11.8 Å². The fourth-order valence-electron chi connectivity index (χ4n) is 2.30. The van der Waals surface area contributed by atoms with Gasteiger partial charge in [-0.2, -0.15) is 0 Å². The second-order valence-electron chi connectivity index (χ2n) is 5.31. The van der Waals surface area contributed by atoms with E-state index in [9.17, 15) is 9.59 Å². The Balaban J connectivity index is 2.16. The number of thioether (sulfide) groups is 1. The Morgan fingerprint density at radius 2 is 2.00 bits per heavy atom. The molecular weight excluding hydrogens is 362 g/mol. The van der Waals surface area contributed by atoms with Gasteiger partial charge in [-0.15, -0.1) is 10.2 Å². The normalized spacial score (nSPS) is 10.7. The first-order valence-corrected chi connectivity index (χ1v) is 9.55. The lowest BCUT2D eigenvalue weighted by atomic mass is 10.2. The molecule has 0 bridgehead atoms. The largest absolute Gasteiger partial charge is 0.466 e. The topological polar surface area (TPSA) is 74.1 Å². The molecule has 1 heterocycles. The van der Waals surface area contributed by atoms with Crippen LogP contribution in [0.5, 0.6) is 0 Å². The van der Waals surface area contributed by atoms with Crippen LogP contribution >= 0.6 is 23.4 Å². The summed E-state index contributed by atoms with van der Waals surface area (Å²) in [6, 6.07) is 7.32. The summed E-state index contributed by atoms with van der Waals surface area (Å²) in [6.07, 6.45) is 3.00. The summed E-state index contributed by atoms with van der Waals surface area (Å²) in [7, 11) is 0. The van der Waals surface area contributed by atoms with Crippen molar-refractivity contribution in [2.75, 3.05) is 12.9 Å². The maximum Gasteiger partial charge on any atom is 0.305 e. The lowest BCUT2D eigenvalue weighted by Crippen LogP contribution is -2.28. The van der Waals surface area contributed by atoms with Gasteiger partial charge in [-0.3, -0.25) is 14.2 Å². The van der Waals surface area contributed by atoms with Crippen molar-refractivity contribution in [3.05, 3.63) is 50.9 Å². The molecule has 0 aliphatic carbocycles. The molecule has 0 aliphatic heterocycles. The molecule has 8 heteroatoms. The Hall–Kier alpha value is -1.86. The molecule has 25 heavy (non-hydrogen) atoms. The first kappa shape index (κ1) is 19.5. The first-order chi connectivity index (χ1) is 12.0. The SMILES string of the molecule is CCOC(=O)CCCc1nnc(SC)n(Cc2ccc(Cl)cc2)c1=O. The van der Waals surface area contributed by atoms with E-state index >= 15 is 0 Å². The van der Waals surface area contributed by atoms with E-state index < -0.39 is 0 Å². The van der Waals surface area contributed by atoms with Crippen LogP contribution in [0.4, 0.5) is 0 Å². The average Bonchev–Trinajstić information content (AvgIpc) is 2.60. The molecule has 0 fully saturated rings. The lowest BCUT2D eigenvalue weighted by molar-refractivity contribution is -0.143. The van der Waals surface area contributed by atoms with E-state index in [0.717, 1.165) is 5.56 Å². The molecule has 1 aromatic heterocycles. The van der Waals surface area contributed by atoms with Crippen LogP contribution in [-0.2, 0) is 22.5 Å². The Kier molecular flexibility index (Phi) is 7.46. The number of hydrogen-bond donors (Lipinski definition) is 0. The van der Waals surface area contributed by atoms with Crippen LogP contribution in [-0.4, -0.2) is 33.6 Å². The summed E-state index contributed by atoms with van der Waals surface area (Å²) >= 11 is 7.27. The predicted octanol–water partition coefficient (Wildman–Crippen LogP) is 2.95. The number of halogens is 1. The highest BCUT2D eigenvalue weighted by Crippen LogP contribution is 2.14. The molecule has 0 unspecified atom stereocenters. The van der Waals surface area contributed by atoms with Crippen molar-refractivity contribution in [1.29, 1.82) is 0 Å². The minimum atomic E-state index is -0.266. The first-order valence-electron chi connectivity index (χ1n) is 7.95. The minimum absolute atomic E-state index is 0.182. The van der Waals surface area contributed by atoms with Crippen molar-refractivity contribution >= 4 is 29.3 Å². The van der Waals surface area contributed by atoms with Gasteiger partial charge in [0.1, 0.15) is 5.69 Å². The molecule has 0 amide bonds.